The molecule has 0 spiro atoms. The Kier molecular flexibility index (Phi) is 2.29. The summed E-state index contributed by atoms with van der Waals surface area (Å²) in [5.41, 5.74) is 3.33. The highest BCUT2D eigenvalue weighted by Gasteiger charge is 2.17. The Hall–Kier alpha value is -2.75. The highest BCUT2D eigenvalue weighted by molar-refractivity contribution is 6.04. The summed E-state index contributed by atoms with van der Waals surface area (Å²) in [4.78, 5) is 14.7. The highest BCUT2D eigenvalue weighted by Crippen LogP contribution is 2.37. The molecule has 1 aliphatic heterocycles. The summed E-state index contributed by atoms with van der Waals surface area (Å²) in [7, 11) is 0. The van der Waals surface area contributed by atoms with Gasteiger partial charge in [0.15, 0.2) is 17.8 Å². The van der Waals surface area contributed by atoms with E-state index in [9.17, 15) is 4.79 Å². The minimum atomic E-state index is 0.242. The van der Waals surface area contributed by atoms with Gasteiger partial charge >= 0.3 is 0 Å². The molecule has 4 nitrogen and oxygen atoms in total. The predicted molar refractivity (Wildman–Crippen MR) is 75.2 cm³/mol. The molecule has 4 heteroatoms. The maximum absolute atomic E-state index is 11.4. The molecule has 0 fully saturated rings. The Balaban J connectivity index is 1.95. The molecular weight excluding hydrogens is 254 g/mol. The maximum Gasteiger partial charge on any atom is 0.231 e. The smallest absolute Gasteiger partial charge is 0.231 e. The van der Waals surface area contributed by atoms with Gasteiger partial charge in [0.05, 0.1) is 5.69 Å². The standard InChI is InChI=1S/C16H11NO3/c18-8-12-11-3-1-2-4-13(11)17-16(12)10-5-6-14-15(7-10)20-9-19-14/h1-8,17H,9H2. The van der Waals surface area contributed by atoms with E-state index in [4.69, 9.17) is 9.47 Å². The predicted octanol–water partition coefficient (Wildman–Crippen LogP) is 3.38. The molecule has 1 aromatic heterocycles. The Morgan fingerprint density at radius 2 is 1.90 bits per heavy atom. The van der Waals surface area contributed by atoms with Crippen LogP contribution in [0.5, 0.6) is 11.5 Å². The third kappa shape index (κ3) is 1.51. The number of rotatable bonds is 2. The molecule has 0 aliphatic carbocycles. The van der Waals surface area contributed by atoms with Crippen LogP contribution in [0.4, 0.5) is 0 Å². The molecule has 1 N–H and O–H groups in total. The number of benzene rings is 2. The highest BCUT2D eigenvalue weighted by atomic mass is 16.7. The van der Waals surface area contributed by atoms with Crippen molar-refractivity contribution in [2.24, 2.45) is 0 Å². The van der Waals surface area contributed by atoms with Crippen molar-refractivity contribution >= 4 is 17.2 Å². The Labute approximate surface area is 114 Å². The van der Waals surface area contributed by atoms with Crippen LogP contribution in [-0.2, 0) is 0 Å². The topological polar surface area (TPSA) is 51.3 Å². The number of aromatic amines is 1. The number of carbonyl (C=O) groups excluding carboxylic acids is 1. The number of aldehydes is 1. The van der Waals surface area contributed by atoms with E-state index in [1.165, 1.54) is 0 Å². The van der Waals surface area contributed by atoms with Crippen molar-refractivity contribution in [3.05, 3.63) is 48.0 Å². The quantitative estimate of drug-likeness (QED) is 0.723. The Morgan fingerprint density at radius 3 is 2.80 bits per heavy atom. The first-order valence-corrected chi connectivity index (χ1v) is 6.33. The number of H-pyrrole nitrogens is 1. The molecule has 3 aromatic rings. The van der Waals surface area contributed by atoms with Crippen molar-refractivity contribution in [3.8, 4) is 22.8 Å². The van der Waals surface area contributed by atoms with Crippen LogP contribution in [0.25, 0.3) is 22.2 Å². The zero-order chi connectivity index (χ0) is 13.5. The lowest BCUT2D eigenvalue weighted by Crippen LogP contribution is -1.92. The Morgan fingerprint density at radius 1 is 1.05 bits per heavy atom. The molecule has 98 valence electrons. The van der Waals surface area contributed by atoms with Gasteiger partial charge in [-0.3, -0.25) is 4.79 Å². The zero-order valence-corrected chi connectivity index (χ0v) is 10.6. The summed E-state index contributed by atoms with van der Waals surface area (Å²) >= 11 is 0. The number of fused-ring (bicyclic) bond motifs is 2. The Bertz CT molecular complexity index is 820. The second-order valence-corrected chi connectivity index (χ2v) is 4.65. The molecule has 1 aliphatic rings. The van der Waals surface area contributed by atoms with Gasteiger partial charge in [0.1, 0.15) is 0 Å². The fraction of sp³-hybridized carbons (Fsp3) is 0.0625. The molecule has 2 aromatic carbocycles. The zero-order valence-electron chi connectivity index (χ0n) is 10.6. The van der Waals surface area contributed by atoms with Crippen LogP contribution in [0.15, 0.2) is 42.5 Å². The first-order chi connectivity index (χ1) is 9.86. The second kappa shape index (κ2) is 4.13. The molecular formula is C16H11NO3. The molecule has 4 rings (SSSR count). The van der Waals surface area contributed by atoms with Crippen molar-refractivity contribution < 1.29 is 14.3 Å². The van der Waals surface area contributed by atoms with Gasteiger partial charge in [-0.1, -0.05) is 18.2 Å². The number of nitrogens with one attached hydrogen (secondary N) is 1. The SMILES string of the molecule is O=Cc1c(-c2ccc3c(c2)OCO3)[nH]c2ccccc12. The number of aromatic nitrogens is 1. The van der Waals surface area contributed by atoms with E-state index in [1.807, 2.05) is 42.5 Å². The lowest BCUT2D eigenvalue weighted by Gasteiger charge is -2.02. The van der Waals surface area contributed by atoms with E-state index >= 15 is 0 Å². The van der Waals surface area contributed by atoms with E-state index in [0.29, 0.717) is 11.3 Å². The first kappa shape index (κ1) is 11.1. The van der Waals surface area contributed by atoms with E-state index < -0.39 is 0 Å². The molecule has 0 radical (unpaired) electrons. The van der Waals surface area contributed by atoms with Crippen LogP contribution in [0.3, 0.4) is 0 Å². The average molecular weight is 265 g/mol. The molecule has 0 saturated heterocycles. The summed E-state index contributed by atoms with van der Waals surface area (Å²) in [6.45, 7) is 0.242. The number of ether oxygens (including phenoxy) is 2. The van der Waals surface area contributed by atoms with E-state index in [1.54, 1.807) is 0 Å². The van der Waals surface area contributed by atoms with Crippen LogP contribution < -0.4 is 9.47 Å². The van der Waals surface area contributed by atoms with Gasteiger partial charge < -0.3 is 14.5 Å². The lowest BCUT2D eigenvalue weighted by atomic mass is 10.1. The van der Waals surface area contributed by atoms with Crippen molar-refractivity contribution in [1.82, 2.24) is 4.98 Å². The van der Waals surface area contributed by atoms with Crippen LogP contribution in [-0.4, -0.2) is 18.1 Å². The average Bonchev–Trinajstić information content (AvgIpc) is 3.10. The van der Waals surface area contributed by atoms with Crippen molar-refractivity contribution in [2.45, 2.75) is 0 Å². The third-order valence-electron chi connectivity index (χ3n) is 3.53. The second-order valence-electron chi connectivity index (χ2n) is 4.65. The lowest BCUT2D eigenvalue weighted by molar-refractivity contribution is 0.112. The normalized spacial score (nSPS) is 12.8. The minimum Gasteiger partial charge on any atom is -0.454 e. The third-order valence-corrected chi connectivity index (χ3v) is 3.53. The maximum atomic E-state index is 11.4. The molecule has 0 atom stereocenters. The van der Waals surface area contributed by atoms with Crippen LogP contribution >= 0.6 is 0 Å². The van der Waals surface area contributed by atoms with Gasteiger partial charge in [0, 0.05) is 22.0 Å². The number of hydrogen-bond donors (Lipinski definition) is 1. The van der Waals surface area contributed by atoms with E-state index in [2.05, 4.69) is 4.98 Å². The van der Waals surface area contributed by atoms with Crippen LogP contribution in [0.1, 0.15) is 10.4 Å². The number of carbonyl (C=O) groups is 1. The van der Waals surface area contributed by atoms with E-state index in [-0.39, 0.29) is 6.79 Å². The van der Waals surface area contributed by atoms with Crippen LogP contribution in [0.2, 0.25) is 0 Å². The monoisotopic (exact) mass is 265 g/mol. The van der Waals surface area contributed by atoms with Crippen molar-refractivity contribution in [3.63, 3.8) is 0 Å². The fourth-order valence-corrected chi connectivity index (χ4v) is 2.57. The van der Waals surface area contributed by atoms with Crippen LogP contribution in [0, 0.1) is 0 Å². The number of para-hydroxylation sites is 1. The van der Waals surface area contributed by atoms with Gasteiger partial charge in [-0.15, -0.1) is 0 Å². The number of hydrogen-bond acceptors (Lipinski definition) is 3. The molecule has 0 amide bonds. The van der Waals surface area contributed by atoms with Gasteiger partial charge in [-0.25, -0.2) is 0 Å². The summed E-state index contributed by atoms with van der Waals surface area (Å²) in [6, 6.07) is 13.4. The largest absolute Gasteiger partial charge is 0.454 e. The van der Waals surface area contributed by atoms with Gasteiger partial charge in [-0.05, 0) is 24.3 Å². The summed E-state index contributed by atoms with van der Waals surface area (Å²) < 4.78 is 10.7. The molecule has 0 saturated carbocycles. The molecule has 2 heterocycles. The first-order valence-electron chi connectivity index (χ1n) is 6.33. The van der Waals surface area contributed by atoms with Crippen molar-refractivity contribution in [1.29, 1.82) is 0 Å². The minimum absolute atomic E-state index is 0.242. The molecule has 0 bridgehead atoms. The van der Waals surface area contributed by atoms with Gasteiger partial charge in [-0.2, -0.15) is 0 Å². The summed E-state index contributed by atoms with van der Waals surface area (Å²) in [6.07, 6.45) is 0.888. The van der Waals surface area contributed by atoms with E-state index in [0.717, 1.165) is 34.2 Å². The summed E-state index contributed by atoms with van der Waals surface area (Å²) in [5.74, 6) is 1.44. The van der Waals surface area contributed by atoms with Gasteiger partial charge in [0.25, 0.3) is 0 Å². The molecule has 20 heavy (non-hydrogen) atoms. The molecule has 0 unspecified atom stereocenters. The van der Waals surface area contributed by atoms with Gasteiger partial charge in [0.2, 0.25) is 6.79 Å². The fourth-order valence-electron chi connectivity index (χ4n) is 2.57. The summed E-state index contributed by atoms with van der Waals surface area (Å²) in [5, 5.41) is 0.926. The van der Waals surface area contributed by atoms with Crippen molar-refractivity contribution in [2.75, 3.05) is 6.79 Å².